The van der Waals surface area contributed by atoms with E-state index in [-0.39, 0.29) is 17.8 Å². The van der Waals surface area contributed by atoms with Crippen molar-refractivity contribution < 1.29 is 44.9 Å². The fourth-order valence-electron chi connectivity index (χ4n) is 7.77. The number of carboxylic acids is 1. The van der Waals surface area contributed by atoms with Gasteiger partial charge in [0.1, 0.15) is 18.3 Å². The molecule has 0 spiro atoms. The molecule has 43 heavy (non-hydrogen) atoms. The maximum absolute atomic E-state index is 11.5. The molecule has 12 atom stereocenters. The van der Waals surface area contributed by atoms with Crippen molar-refractivity contribution in [2.75, 3.05) is 0 Å². The van der Waals surface area contributed by atoms with Crippen LogP contribution in [-0.4, -0.2) is 85.1 Å². The first kappa shape index (κ1) is 34.0. The summed E-state index contributed by atoms with van der Waals surface area (Å²) in [7, 11) is 0. The van der Waals surface area contributed by atoms with Gasteiger partial charge in [0.15, 0.2) is 12.4 Å². The Morgan fingerprint density at radius 2 is 1.79 bits per heavy atom. The number of aliphatic hydroxyl groups excluding tert-OH is 4. The predicted molar refractivity (Wildman–Crippen MR) is 162 cm³/mol. The molecule has 0 aromatic rings. The minimum Gasteiger partial charge on any atom is -0.479 e. The zero-order valence-corrected chi connectivity index (χ0v) is 26.2. The lowest BCUT2D eigenvalue weighted by Gasteiger charge is -2.44. The van der Waals surface area contributed by atoms with E-state index in [1.807, 2.05) is 26.8 Å². The lowest BCUT2D eigenvalue weighted by molar-refractivity contribution is -0.302. The van der Waals surface area contributed by atoms with Crippen molar-refractivity contribution >= 4 is 5.97 Å². The van der Waals surface area contributed by atoms with E-state index in [0.717, 1.165) is 31.3 Å². The second-order valence-electron chi connectivity index (χ2n) is 14.2. The van der Waals surface area contributed by atoms with E-state index in [1.54, 1.807) is 0 Å². The number of carboxylic acid groups (broad SMARTS) is 1. The van der Waals surface area contributed by atoms with Gasteiger partial charge in [0.2, 0.25) is 0 Å². The van der Waals surface area contributed by atoms with Gasteiger partial charge in [-0.1, -0.05) is 57.2 Å². The maximum Gasteiger partial charge on any atom is 0.335 e. The van der Waals surface area contributed by atoms with Crippen LogP contribution in [0.5, 0.6) is 0 Å². The van der Waals surface area contributed by atoms with Crippen LogP contribution in [0.3, 0.4) is 0 Å². The molecule has 3 aliphatic carbocycles. The Balaban J connectivity index is 1.48. The summed E-state index contributed by atoms with van der Waals surface area (Å²) in [6.45, 7) is 14.7. The Kier molecular flexibility index (Phi) is 10.5. The van der Waals surface area contributed by atoms with Crippen LogP contribution < -0.4 is 0 Å². The van der Waals surface area contributed by atoms with Gasteiger partial charge in [0.05, 0.1) is 17.8 Å². The molecule has 6 N–H and O–H groups in total. The first-order valence-electron chi connectivity index (χ1n) is 15.8. The second-order valence-corrected chi connectivity index (χ2v) is 14.2. The average molecular weight is 605 g/mol. The molecule has 0 aromatic heterocycles. The Morgan fingerprint density at radius 3 is 2.44 bits per heavy atom. The molecule has 0 radical (unpaired) electrons. The first-order chi connectivity index (χ1) is 20.0. The van der Waals surface area contributed by atoms with Crippen molar-refractivity contribution in [1.29, 1.82) is 0 Å². The van der Waals surface area contributed by atoms with Crippen molar-refractivity contribution in [2.24, 2.45) is 29.1 Å². The smallest absolute Gasteiger partial charge is 0.335 e. The fraction of sp³-hybridized carbons (Fsp3) is 0.735. The van der Waals surface area contributed by atoms with E-state index in [4.69, 9.17) is 9.47 Å². The standard InChI is InChI=1S/C34H52O9/c1-18(9-10-19(2)33(4,5)41)24-13-14-25-21(8-7-15-34(24,25)6)11-12-22-16-23(35)17-26(20(22)3)42-32-29(38)27(36)28(37)30(43-32)31(39)40/h9-12,18-19,23-30,32,35-38,41H,3,7-8,13-17H2,1-2,4-6H3,(H,39,40)/b10-9+,21-11+,22-12-/t18-,19+,23-,24-,25+,26+,27+,28+,29-,30+,32-,34-/m1/s1. The third-order valence-electron chi connectivity index (χ3n) is 10.8. The minimum absolute atomic E-state index is 0.0725. The molecule has 0 amide bonds. The van der Waals surface area contributed by atoms with Gasteiger partial charge in [0.25, 0.3) is 0 Å². The van der Waals surface area contributed by atoms with Crippen LogP contribution in [-0.2, 0) is 14.3 Å². The highest BCUT2D eigenvalue weighted by Crippen LogP contribution is 2.59. The fourth-order valence-corrected chi connectivity index (χ4v) is 7.77. The number of allylic oxidation sites excluding steroid dienone is 4. The minimum atomic E-state index is -1.80. The molecule has 1 aliphatic heterocycles. The molecular weight excluding hydrogens is 552 g/mol. The largest absolute Gasteiger partial charge is 0.479 e. The number of hydrogen-bond donors (Lipinski definition) is 6. The summed E-state index contributed by atoms with van der Waals surface area (Å²) in [5.41, 5.74) is 2.26. The monoisotopic (exact) mass is 604 g/mol. The number of aliphatic carboxylic acids is 1. The van der Waals surface area contributed by atoms with Crippen molar-refractivity contribution in [3.8, 4) is 0 Å². The number of aliphatic hydroxyl groups is 5. The van der Waals surface area contributed by atoms with E-state index in [0.29, 0.717) is 29.7 Å². The number of hydrogen-bond acceptors (Lipinski definition) is 8. The first-order valence-corrected chi connectivity index (χ1v) is 15.8. The summed E-state index contributed by atoms with van der Waals surface area (Å²) in [5, 5.41) is 60.9. The number of rotatable bonds is 8. The molecule has 9 heteroatoms. The van der Waals surface area contributed by atoms with Crippen molar-refractivity contribution in [1.82, 2.24) is 0 Å². The average Bonchev–Trinajstić information content (AvgIpc) is 3.29. The summed E-state index contributed by atoms with van der Waals surface area (Å²) in [6, 6.07) is 0. The van der Waals surface area contributed by atoms with Gasteiger partial charge in [-0.05, 0) is 86.7 Å². The highest BCUT2D eigenvalue weighted by molar-refractivity contribution is 5.73. The van der Waals surface area contributed by atoms with E-state index in [2.05, 4.69) is 38.7 Å². The molecule has 3 saturated carbocycles. The topological polar surface area (TPSA) is 157 Å². The Hall–Kier alpha value is -1.85. The SMILES string of the molecule is C=C1/C(=C\C=C2/CCC[C@]3(C)[C@@H]([C@H](C)/C=C/[C@H](C)C(C)(C)O)CC[C@@H]23)C[C@@H](O)C[C@@H]1O[C@@H]1O[C@H](C(=O)O)[C@@H](O)[C@H](O)[C@H]1O. The third kappa shape index (κ3) is 7.19. The summed E-state index contributed by atoms with van der Waals surface area (Å²) in [5.74, 6) is 0.00845. The predicted octanol–water partition coefficient (Wildman–Crippen LogP) is 3.64. The van der Waals surface area contributed by atoms with Gasteiger partial charge in [-0.2, -0.15) is 0 Å². The van der Waals surface area contributed by atoms with E-state index in [1.165, 1.54) is 12.0 Å². The second kappa shape index (κ2) is 13.3. The Labute approximate surface area is 255 Å². The Bertz CT molecular complexity index is 1120. The van der Waals surface area contributed by atoms with Crippen molar-refractivity contribution in [2.45, 2.75) is 128 Å². The molecule has 1 heterocycles. The van der Waals surface area contributed by atoms with Crippen molar-refractivity contribution in [3.05, 3.63) is 47.6 Å². The molecule has 0 bridgehead atoms. The summed E-state index contributed by atoms with van der Waals surface area (Å²) < 4.78 is 11.2. The number of fused-ring (bicyclic) bond motifs is 1. The molecule has 0 aromatic carbocycles. The maximum atomic E-state index is 11.5. The van der Waals surface area contributed by atoms with Crippen LogP contribution in [0.2, 0.25) is 0 Å². The highest BCUT2D eigenvalue weighted by atomic mass is 16.7. The summed E-state index contributed by atoms with van der Waals surface area (Å²) in [6.07, 6.45) is 4.79. The lowest BCUT2D eigenvalue weighted by Crippen LogP contribution is -2.61. The Morgan fingerprint density at radius 1 is 1.09 bits per heavy atom. The van der Waals surface area contributed by atoms with Gasteiger partial charge in [0, 0.05) is 12.3 Å². The van der Waals surface area contributed by atoms with Crippen LogP contribution in [0.15, 0.2) is 47.6 Å². The number of carbonyl (C=O) groups is 1. The molecule has 4 fully saturated rings. The van der Waals surface area contributed by atoms with Crippen molar-refractivity contribution in [3.63, 3.8) is 0 Å². The molecule has 242 valence electrons. The molecule has 4 aliphatic rings. The van der Waals surface area contributed by atoms with Gasteiger partial charge in [-0.3, -0.25) is 0 Å². The van der Waals surface area contributed by atoms with Crippen LogP contribution in [0.4, 0.5) is 0 Å². The van der Waals surface area contributed by atoms with Gasteiger partial charge >= 0.3 is 5.97 Å². The van der Waals surface area contributed by atoms with Crippen LogP contribution in [0, 0.1) is 29.1 Å². The molecule has 9 nitrogen and oxygen atoms in total. The highest BCUT2D eigenvalue weighted by Gasteiger charge is 2.51. The van der Waals surface area contributed by atoms with E-state index >= 15 is 0 Å². The van der Waals surface area contributed by atoms with Crippen LogP contribution >= 0.6 is 0 Å². The van der Waals surface area contributed by atoms with Gasteiger partial charge in [-0.15, -0.1) is 0 Å². The van der Waals surface area contributed by atoms with Crippen LogP contribution in [0.25, 0.3) is 0 Å². The van der Waals surface area contributed by atoms with E-state index < -0.39 is 54.5 Å². The molecule has 4 rings (SSSR count). The molecule has 0 unspecified atom stereocenters. The summed E-state index contributed by atoms with van der Waals surface area (Å²) in [4.78, 5) is 11.5. The summed E-state index contributed by atoms with van der Waals surface area (Å²) >= 11 is 0. The van der Waals surface area contributed by atoms with Gasteiger partial charge in [-0.25, -0.2) is 4.79 Å². The van der Waals surface area contributed by atoms with Crippen LogP contribution in [0.1, 0.15) is 79.6 Å². The zero-order chi connectivity index (χ0) is 31.9. The molecule has 1 saturated heterocycles. The van der Waals surface area contributed by atoms with E-state index in [9.17, 15) is 35.4 Å². The van der Waals surface area contributed by atoms with Gasteiger partial charge < -0.3 is 40.1 Å². The lowest BCUT2D eigenvalue weighted by atomic mass is 9.61. The zero-order valence-electron chi connectivity index (χ0n) is 26.2. The third-order valence-corrected chi connectivity index (χ3v) is 10.8. The number of ether oxygens (including phenoxy) is 2. The normalized spacial score (nSPS) is 42.4. The molecular formula is C34H52O9. The quantitative estimate of drug-likeness (QED) is 0.228.